The molecule has 0 fully saturated rings. The number of hydrogen-bond donors (Lipinski definition) is 2. The zero-order valence-corrected chi connectivity index (χ0v) is 7.02. The van der Waals surface area contributed by atoms with Crippen LogP contribution in [-0.2, 0) is 0 Å². The molecule has 1 unspecified atom stereocenters. The molecule has 60 valence electrons. The lowest BCUT2D eigenvalue weighted by molar-refractivity contribution is 0.212. The minimum Gasteiger partial charge on any atom is -0.389 e. The van der Waals surface area contributed by atoms with Crippen LogP contribution < -0.4 is 5.32 Å². The Hall–Kier alpha value is -0.340. The Kier molecular flexibility index (Phi) is 5.26. The molecule has 0 aromatic carbocycles. The number of aliphatic hydroxyl groups is 1. The van der Waals surface area contributed by atoms with Crippen LogP contribution >= 0.6 is 0 Å². The zero-order chi connectivity index (χ0) is 7.98. The normalized spacial score (nSPS) is 12.8. The quantitative estimate of drug-likeness (QED) is 0.574. The topological polar surface area (TPSA) is 32.3 Å². The molecule has 0 aromatic heterocycles. The first kappa shape index (κ1) is 9.66. The van der Waals surface area contributed by atoms with Gasteiger partial charge in [0, 0.05) is 0 Å². The van der Waals surface area contributed by atoms with Crippen molar-refractivity contribution >= 4 is 0 Å². The van der Waals surface area contributed by atoms with Gasteiger partial charge in [-0.1, -0.05) is 11.6 Å². The molecule has 0 aliphatic rings. The molecular weight excluding hydrogens is 126 g/mol. The van der Waals surface area contributed by atoms with Gasteiger partial charge in [0.1, 0.15) is 0 Å². The van der Waals surface area contributed by atoms with E-state index in [4.69, 9.17) is 0 Å². The van der Waals surface area contributed by atoms with Crippen molar-refractivity contribution in [1.29, 1.82) is 0 Å². The van der Waals surface area contributed by atoms with Crippen LogP contribution in [-0.4, -0.2) is 24.8 Å². The van der Waals surface area contributed by atoms with Crippen molar-refractivity contribution < 1.29 is 5.11 Å². The lowest BCUT2D eigenvalue weighted by Crippen LogP contribution is -2.15. The second-order valence-electron chi connectivity index (χ2n) is 2.70. The van der Waals surface area contributed by atoms with Gasteiger partial charge in [0.05, 0.1) is 6.10 Å². The van der Waals surface area contributed by atoms with Gasteiger partial charge in [-0.25, -0.2) is 0 Å². The highest BCUT2D eigenvalue weighted by atomic mass is 16.3. The maximum Gasteiger partial charge on any atom is 0.0735 e. The van der Waals surface area contributed by atoms with Gasteiger partial charge in [0.15, 0.2) is 0 Å². The van der Waals surface area contributed by atoms with Crippen LogP contribution in [0.25, 0.3) is 0 Å². The van der Waals surface area contributed by atoms with Crippen molar-refractivity contribution in [3.05, 3.63) is 11.6 Å². The molecule has 0 rings (SSSR count). The number of allylic oxidation sites excluding steroid dienone is 1. The summed E-state index contributed by atoms with van der Waals surface area (Å²) < 4.78 is 0. The molecule has 0 heterocycles. The van der Waals surface area contributed by atoms with Gasteiger partial charge in [0.2, 0.25) is 0 Å². The van der Waals surface area contributed by atoms with E-state index in [0.717, 1.165) is 13.0 Å². The molecule has 0 radical (unpaired) electrons. The molecule has 2 N–H and O–H groups in total. The van der Waals surface area contributed by atoms with Crippen LogP contribution in [0.2, 0.25) is 0 Å². The van der Waals surface area contributed by atoms with Gasteiger partial charge in [-0.3, -0.25) is 0 Å². The van der Waals surface area contributed by atoms with Gasteiger partial charge in [-0.15, -0.1) is 0 Å². The minimum absolute atomic E-state index is 0.280. The summed E-state index contributed by atoms with van der Waals surface area (Å²) in [5.74, 6) is 0. The third-order valence-electron chi connectivity index (χ3n) is 1.22. The smallest absolute Gasteiger partial charge is 0.0735 e. The van der Waals surface area contributed by atoms with Crippen LogP contribution in [0.1, 0.15) is 20.3 Å². The Morgan fingerprint density at radius 1 is 1.60 bits per heavy atom. The van der Waals surface area contributed by atoms with Gasteiger partial charge >= 0.3 is 0 Å². The summed E-state index contributed by atoms with van der Waals surface area (Å²) in [5.41, 5.74) is 1.17. The lowest BCUT2D eigenvalue weighted by Gasteiger charge is -2.04. The van der Waals surface area contributed by atoms with E-state index in [0.29, 0.717) is 0 Å². The Labute approximate surface area is 62.9 Å². The maximum absolute atomic E-state index is 9.23. The molecule has 10 heavy (non-hydrogen) atoms. The van der Waals surface area contributed by atoms with Crippen molar-refractivity contribution in [2.75, 3.05) is 13.6 Å². The molecule has 0 spiro atoms. The Morgan fingerprint density at radius 2 is 2.20 bits per heavy atom. The minimum atomic E-state index is -0.280. The van der Waals surface area contributed by atoms with Gasteiger partial charge in [0.25, 0.3) is 0 Å². The average Bonchev–Trinajstić information content (AvgIpc) is 1.82. The van der Waals surface area contributed by atoms with Crippen LogP contribution in [0.15, 0.2) is 11.6 Å². The predicted molar refractivity (Wildman–Crippen MR) is 44.0 cm³/mol. The molecule has 0 saturated carbocycles. The lowest BCUT2D eigenvalue weighted by atomic mass is 10.2. The Bertz CT molecular complexity index is 106. The molecule has 0 saturated heterocycles. The molecule has 2 nitrogen and oxygen atoms in total. The van der Waals surface area contributed by atoms with E-state index in [-0.39, 0.29) is 6.10 Å². The number of nitrogens with one attached hydrogen (secondary N) is 1. The molecule has 0 amide bonds. The fourth-order valence-electron chi connectivity index (χ4n) is 0.760. The van der Waals surface area contributed by atoms with Gasteiger partial charge < -0.3 is 10.4 Å². The zero-order valence-electron chi connectivity index (χ0n) is 7.02. The average molecular weight is 143 g/mol. The van der Waals surface area contributed by atoms with Crippen molar-refractivity contribution in [3.63, 3.8) is 0 Å². The summed E-state index contributed by atoms with van der Waals surface area (Å²) in [7, 11) is 1.88. The van der Waals surface area contributed by atoms with Crippen LogP contribution in [0.4, 0.5) is 0 Å². The Balaban J connectivity index is 3.43. The first-order valence-corrected chi connectivity index (χ1v) is 3.64. The third kappa shape index (κ3) is 5.79. The predicted octanol–water partition coefficient (Wildman–Crippen LogP) is 0.923. The van der Waals surface area contributed by atoms with E-state index in [2.05, 4.69) is 5.32 Å². The highest BCUT2D eigenvalue weighted by Crippen LogP contribution is 1.97. The fourth-order valence-corrected chi connectivity index (χ4v) is 0.760. The second-order valence-corrected chi connectivity index (χ2v) is 2.70. The summed E-state index contributed by atoms with van der Waals surface area (Å²) in [4.78, 5) is 0. The molecule has 0 aliphatic heterocycles. The van der Waals surface area contributed by atoms with E-state index in [9.17, 15) is 5.11 Å². The summed E-state index contributed by atoms with van der Waals surface area (Å²) >= 11 is 0. The summed E-state index contributed by atoms with van der Waals surface area (Å²) in [6.45, 7) is 4.84. The van der Waals surface area contributed by atoms with Crippen molar-refractivity contribution in [1.82, 2.24) is 5.32 Å². The van der Waals surface area contributed by atoms with Crippen LogP contribution in [0.3, 0.4) is 0 Å². The number of rotatable bonds is 4. The summed E-state index contributed by atoms with van der Waals surface area (Å²) in [5, 5.41) is 12.2. The Morgan fingerprint density at radius 3 is 2.60 bits per heavy atom. The van der Waals surface area contributed by atoms with E-state index >= 15 is 0 Å². The highest BCUT2D eigenvalue weighted by molar-refractivity contribution is 4.97. The summed E-state index contributed by atoms with van der Waals surface area (Å²) in [6.07, 6.45) is 2.39. The highest BCUT2D eigenvalue weighted by Gasteiger charge is 1.96. The first-order valence-electron chi connectivity index (χ1n) is 3.64. The number of aliphatic hydroxyl groups excluding tert-OH is 1. The van der Waals surface area contributed by atoms with Crippen molar-refractivity contribution in [3.8, 4) is 0 Å². The molecule has 2 heteroatoms. The molecule has 0 bridgehead atoms. The van der Waals surface area contributed by atoms with Crippen molar-refractivity contribution in [2.45, 2.75) is 26.4 Å². The van der Waals surface area contributed by atoms with Gasteiger partial charge in [-0.2, -0.15) is 0 Å². The van der Waals surface area contributed by atoms with Crippen LogP contribution in [0.5, 0.6) is 0 Å². The van der Waals surface area contributed by atoms with E-state index in [1.165, 1.54) is 5.57 Å². The first-order chi connectivity index (χ1) is 4.66. The van der Waals surface area contributed by atoms with Gasteiger partial charge in [-0.05, 0) is 33.9 Å². The van der Waals surface area contributed by atoms with E-state index < -0.39 is 0 Å². The largest absolute Gasteiger partial charge is 0.389 e. The molecular formula is C8H17NO. The molecule has 0 aromatic rings. The fraction of sp³-hybridized carbons (Fsp3) is 0.750. The number of hydrogen-bond acceptors (Lipinski definition) is 2. The molecule has 0 aliphatic carbocycles. The van der Waals surface area contributed by atoms with Crippen molar-refractivity contribution in [2.24, 2.45) is 0 Å². The van der Waals surface area contributed by atoms with Crippen LogP contribution in [0, 0.1) is 0 Å². The van der Waals surface area contributed by atoms with E-state index in [1.54, 1.807) is 0 Å². The second kappa shape index (κ2) is 5.45. The van der Waals surface area contributed by atoms with E-state index in [1.807, 2.05) is 27.0 Å². The SMILES string of the molecule is CNCCC(O)C=C(C)C. The maximum atomic E-state index is 9.23. The summed E-state index contributed by atoms with van der Waals surface area (Å²) in [6, 6.07) is 0. The molecule has 1 atom stereocenters. The third-order valence-corrected chi connectivity index (χ3v) is 1.22. The standard InChI is InChI=1S/C8H17NO/c1-7(2)6-8(10)4-5-9-3/h6,8-10H,4-5H2,1-3H3. The monoisotopic (exact) mass is 143 g/mol.